The Labute approximate surface area is 190 Å². The zero-order valence-electron chi connectivity index (χ0n) is 19.2. The van der Waals surface area contributed by atoms with Crippen molar-refractivity contribution >= 4 is 5.91 Å². The quantitative estimate of drug-likeness (QED) is 0.579. The fraction of sp³-hybridized carbons (Fsp3) is 0.423. The number of hydrogen-bond acceptors (Lipinski definition) is 5. The number of amides is 1. The van der Waals surface area contributed by atoms with Crippen molar-refractivity contribution in [1.29, 1.82) is 0 Å². The number of hydrogen-bond donors (Lipinski definition) is 1. The van der Waals surface area contributed by atoms with Gasteiger partial charge in [-0.15, -0.1) is 0 Å². The number of benzene rings is 2. The van der Waals surface area contributed by atoms with E-state index in [9.17, 15) is 4.79 Å². The van der Waals surface area contributed by atoms with E-state index in [4.69, 9.17) is 4.52 Å². The number of nitrogens with one attached hydrogen (secondary N) is 1. The molecule has 0 saturated carbocycles. The van der Waals surface area contributed by atoms with E-state index in [0.717, 1.165) is 31.4 Å². The molecule has 1 amide bonds. The Balaban J connectivity index is 1.36. The summed E-state index contributed by atoms with van der Waals surface area (Å²) in [6, 6.07) is 16.3. The van der Waals surface area contributed by atoms with E-state index >= 15 is 0 Å². The minimum atomic E-state index is -0.0270. The molecule has 168 valence electrons. The van der Waals surface area contributed by atoms with Gasteiger partial charge in [-0.05, 0) is 56.3 Å². The minimum absolute atomic E-state index is 0.0270. The molecule has 2 heterocycles. The molecule has 2 aromatic carbocycles. The second-order valence-electron chi connectivity index (χ2n) is 8.77. The predicted molar refractivity (Wildman–Crippen MR) is 125 cm³/mol. The summed E-state index contributed by atoms with van der Waals surface area (Å²) in [5.41, 5.74) is 4.65. The number of aromatic nitrogens is 2. The third-order valence-electron chi connectivity index (χ3n) is 6.39. The monoisotopic (exact) mass is 432 g/mol. The van der Waals surface area contributed by atoms with Crippen molar-refractivity contribution in [1.82, 2.24) is 20.4 Å². The van der Waals surface area contributed by atoms with Crippen LogP contribution in [-0.2, 0) is 11.3 Å². The van der Waals surface area contributed by atoms with Gasteiger partial charge in [0.1, 0.15) is 0 Å². The van der Waals surface area contributed by atoms with Crippen molar-refractivity contribution in [2.24, 2.45) is 5.92 Å². The topological polar surface area (TPSA) is 71.3 Å². The molecule has 1 aromatic heterocycles. The molecule has 0 bridgehead atoms. The molecule has 1 saturated heterocycles. The number of piperidine rings is 1. The van der Waals surface area contributed by atoms with E-state index < -0.39 is 0 Å². The summed E-state index contributed by atoms with van der Waals surface area (Å²) in [7, 11) is 0. The van der Waals surface area contributed by atoms with Crippen molar-refractivity contribution < 1.29 is 9.32 Å². The maximum absolute atomic E-state index is 13.1. The Morgan fingerprint density at radius 1 is 1.19 bits per heavy atom. The normalized spacial score (nSPS) is 17.8. The van der Waals surface area contributed by atoms with E-state index in [1.807, 2.05) is 30.3 Å². The van der Waals surface area contributed by atoms with Crippen LogP contribution in [0.3, 0.4) is 0 Å². The Hall–Kier alpha value is -2.99. The highest BCUT2D eigenvalue weighted by atomic mass is 16.5. The Kier molecular flexibility index (Phi) is 7.00. The first-order chi connectivity index (χ1) is 15.5. The van der Waals surface area contributed by atoms with Gasteiger partial charge in [0.15, 0.2) is 0 Å². The van der Waals surface area contributed by atoms with Gasteiger partial charge in [0.2, 0.25) is 17.6 Å². The van der Waals surface area contributed by atoms with Crippen molar-refractivity contribution in [3.63, 3.8) is 0 Å². The van der Waals surface area contributed by atoms with Crippen LogP contribution in [0.25, 0.3) is 11.4 Å². The molecular formula is C26H32N4O2. The zero-order valence-corrected chi connectivity index (χ0v) is 19.2. The van der Waals surface area contributed by atoms with Crippen LogP contribution >= 0.6 is 0 Å². The first-order valence-corrected chi connectivity index (χ1v) is 11.5. The minimum Gasteiger partial charge on any atom is -0.349 e. The molecule has 1 aliphatic heterocycles. The third-order valence-corrected chi connectivity index (χ3v) is 6.39. The van der Waals surface area contributed by atoms with E-state index in [1.165, 1.54) is 16.7 Å². The van der Waals surface area contributed by atoms with E-state index in [-0.39, 0.29) is 17.9 Å². The van der Waals surface area contributed by atoms with Crippen molar-refractivity contribution in [2.45, 2.75) is 52.6 Å². The van der Waals surface area contributed by atoms with Crippen LogP contribution in [0.5, 0.6) is 0 Å². The lowest BCUT2D eigenvalue weighted by molar-refractivity contribution is -0.127. The average molecular weight is 433 g/mol. The number of aryl methyl sites for hydroxylation is 2. The first-order valence-electron chi connectivity index (χ1n) is 11.5. The second kappa shape index (κ2) is 10.1. The summed E-state index contributed by atoms with van der Waals surface area (Å²) in [4.78, 5) is 19.9. The van der Waals surface area contributed by atoms with Crippen LogP contribution < -0.4 is 5.32 Å². The molecule has 2 unspecified atom stereocenters. The fourth-order valence-corrected chi connectivity index (χ4v) is 4.32. The first kappa shape index (κ1) is 22.2. The van der Waals surface area contributed by atoms with Crippen LogP contribution in [0.1, 0.15) is 54.8 Å². The van der Waals surface area contributed by atoms with E-state index in [2.05, 4.69) is 59.3 Å². The highest BCUT2D eigenvalue weighted by molar-refractivity contribution is 5.79. The molecule has 1 N–H and O–H groups in total. The molecule has 2 atom stereocenters. The van der Waals surface area contributed by atoms with E-state index in [1.54, 1.807) is 0 Å². The number of carbonyl (C=O) groups excluding carboxylic acids is 1. The lowest BCUT2D eigenvalue weighted by atomic mass is 9.95. The lowest BCUT2D eigenvalue weighted by Crippen LogP contribution is -2.43. The average Bonchev–Trinajstić information content (AvgIpc) is 3.28. The Morgan fingerprint density at radius 2 is 2.00 bits per heavy atom. The van der Waals surface area contributed by atoms with Gasteiger partial charge >= 0.3 is 0 Å². The number of likely N-dealkylation sites (tertiary alicyclic amines) is 1. The van der Waals surface area contributed by atoms with Gasteiger partial charge in [-0.2, -0.15) is 4.98 Å². The summed E-state index contributed by atoms with van der Waals surface area (Å²) in [5.74, 6) is 1.30. The Bertz CT molecular complexity index is 1050. The molecule has 4 rings (SSSR count). The predicted octanol–water partition coefficient (Wildman–Crippen LogP) is 4.83. The van der Waals surface area contributed by atoms with Crippen LogP contribution in [0.2, 0.25) is 0 Å². The molecule has 3 aromatic rings. The van der Waals surface area contributed by atoms with Crippen molar-refractivity contribution in [3.05, 3.63) is 71.1 Å². The SMILES string of the molecule is CCC(NC(=O)C1CCCN(Cc2nc(-c3ccccc3)no2)C1)c1ccc(C)c(C)c1. The van der Waals surface area contributed by atoms with Crippen LogP contribution in [0.4, 0.5) is 0 Å². The fourth-order valence-electron chi connectivity index (χ4n) is 4.32. The van der Waals surface area contributed by atoms with Crippen molar-refractivity contribution in [3.8, 4) is 11.4 Å². The highest BCUT2D eigenvalue weighted by Gasteiger charge is 2.28. The third kappa shape index (κ3) is 5.25. The standard InChI is InChI=1S/C26H32N4O2/c1-4-23(21-13-12-18(2)19(3)15-21)27-26(31)22-11-8-14-30(16-22)17-24-28-25(29-32-24)20-9-6-5-7-10-20/h5-7,9-10,12-13,15,22-23H,4,8,11,14,16-17H2,1-3H3,(H,27,31). The van der Waals surface area contributed by atoms with Crippen LogP contribution in [0.15, 0.2) is 53.1 Å². The lowest BCUT2D eigenvalue weighted by Gasteiger charge is -2.32. The van der Waals surface area contributed by atoms with Gasteiger partial charge in [0.05, 0.1) is 18.5 Å². The van der Waals surface area contributed by atoms with Crippen molar-refractivity contribution in [2.75, 3.05) is 13.1 Å². The molecule has 1 fully saturated rings. The van der Waals surface area contributed by atoms with Gasteiger partial charge in [-0.1, -0.05) is 60.6 Å². The summed E-state index contributed by atoms with van der Waals surface area (Å²) in [6.45, 7) is 8.55. The largest absolute Gasteiger partial charge is 0.349 e. The summed E-state index contributed by atoms with van der Waals surface area (Å²) in [6.07, 6.45) is 2.76. The van der Waals surface area contributed by atoms with Gasteiger partial charge in [0, 0.05) is 12.1 Å². The molecule has 6 heteroatoms. The summed E-state index contributed by atoms with van der Waals surface area (Å²) >= 11 is 0. The maximum Gasteiger partial charge on any atom is 0.241 e. The molecule has 32 heavy (non-hydrogen) atoms. The van der Waals surface area contributed by atoms with Crippen LogP contribution in [-0.4, -0.2) is 34.0 Å². The molecule has 1 aliphatic rings. The second-order valence-corrected chi connectivity index (χ2v) is 8.77. The molecule has 0 spiro atoms. The molecule has 0 radical (unpaired) electrons. The Morgan fingerprint density at radius 3 is 2.75 bits per heavy atom. The smallest absolute Gasteiger partial charge is 0.241 e. The number of rotatable bonds is 7. The van der Waals surface area contributed by atoms with Gasteiger partial charge in [-0.3, -0.25) is 9.69 Å². The number of nitrogens with zero attached hydrogens (tertiary/aromatic N) is 3. The van der Waals surface area contributed by atoms with Gasteiger partial charge in [0.25, 0.3) is 0 Å². The number of carbonyl (C=O) groups is 1. The van der Waals surface area contributed by atoms with E-state index in [0.29, 0.717) is 24.8 Å². The molecule has 6 nitrogen and oxygen atoms in total. The summed E-state index contributed by atoms with van der Waals surface area (Å²) in [5, 5.41) is 7.40. The summed E-state index contributed by atoms with van der Waals surface area (Å²) < 4.78 is 5.47. The van der Waals surface area contributed by atoms with Gasteiger partial charge < -0.3 is 9.84 Å². The van der Waals surface area contributed by atoms with Gasteiger partial charge in [-0.25, -0.2) is 0 Å². The maximum atomic E-state index is 13.1. The highest BCUT2D eigenvalue weighted by Crippen LogP contribution is 2.24. The molecule has 0 aliphatic carbocycles. The zero-order chi connectivity index (χ0) is 22.5. The molecular weight excluding hydrogens is 400 g/mol. The van der Waals surface area contributed by atoms with Crippen LogP contribution in [0, 0.1) is 19.8 Å².